The summed E-state index contributed by atoms with van der Waals surface area (Å²) in [6.07, 6.45) is 5.03. The minimum Gasteiger partial charge on any atom is -0.316 e. The Bertz CT molecular complexity index is 536. The van der Waals surface area contributed by atoms with Gasteiger partial charge in [0.1, 0.15) is 0 Å². The second kappa shape index (κ2) is 7.46. The van der Waals surface area contributed by atoms with Crippen LogP contribution >= 0.6 is 11.6 Å². The van der Waals surface area contributed by atoms with Gasteiger partial charge in [-0.05, 0) is 37.1 Å². The van der Waals surface area contributed by atoms with Crippen molar-refractivity contribution in [2.45, 2.75) is 32.7 Å². The van der Waals surface area contributed by atoms with Gasteiger partial charge in [-0.3, -0.25) is 4.68 Å². The Hall–Kier alpha value is -1.32. The molecule has 0 spiro atoms. The minimum atomic E-state index is 0.373. The van der Waals surface area contributed by atoms with Gasteiger partial charge in [-0.25, -0.2) is 0 Å². The van der Waals surface area contributed by atoms with Gasteiger partial charge in [-0.1, -0.05) is 36.7 Å². The van der Waals surface area contributed by atoms with Gasteiger partial charge in [0.05, 0.1) is 6.20 Å². The third-order valence-corrected chi connectivity index (χ3v) is 3.82. The molecule has 1 atom stereocenters. The van der Waals surface area contributed by atoms with Crippen molar-refractivity contribution in [1.82, 2.24) is 15.1 Å². The van der Waals surface area contributed by atoms with Crippen LogP contribution in [0.1, 0.15) is 30.9 Å². The molecule has 2 rings (SSSR count). The standard InChI is InChI=1S/C16H22ClN3/c1-3-18-11-14(15-7-5-6-8-16(15)17)9-13-10-19-20(4-2)12-13/h5-8,10,12,14,18H,3-4,9,11H2,1-2H3. The molecule has 0 aliphatic heterocycles. The minimum absolute atomic E-state index is 0.373. The first-order valence-corrected chi connectivity index (χ1v) is 7.58. The van der Waals surface area contributed by atoms with Crippen molar-refractivity contribution in [2.24, 2.45) is 0 Å². The summed E-state index contributed by atoms with van der Waals surface area (Å²) in [7, 11) is 0. The quantitative estimate of drug-likeness (QED) is 0.846. The number of aromatic nitrogens is 2. The molecule has 0 bridgehead atoms. The van der Waals surface area contributed by atoms with Crippen LogP contribution in [0.5, 0.6) is 0 Å². The zero-order valence-corrected chi connectivity index (χ0v) is 12.9. The van der Waals surface area contributed by atoms with Gasteiger partial charge >= 0.3 is 0 Å². The molecule has 0 radical (unpaired) electrons. The third kappa shape index (κ3) is 3.84. The summed E-state index contributed by atoms with van der Waals surface area (Å²) in [6.45, 7) is 7.02. The van der Waals surface area contributed by atoms with Crippen LogP contribution in [0.2, 0.25) is 5.02 Å². The predicted octanol–water partition coefficient (Wildman–Crippen LogP) is 3.49. The first-order chi connectivity index (χ1) is 9.74. The van der Waals surface area contributed by atoms with E-state index in [1.807, 2.05) is 23.0 Å². The fourth-order valence-corrected chi connectivity index (χ4v) is 2.68. The van der Waals surface area contributed by atoms with Crippen LogP contribution in [0.15, 0.2) is 36.7 Å². The van der Waals surface area contributed by atoms with E-state index in [0.29, 0.717) is 5.92 Å². The molecule has 1 unspecified atom stereocenters. The monoisotopic (exact) mass is 291 g/mol. The topological polar surface area (TPSA) is 29.9 Å². The van der Waals surface area contributed by atoms with E-state index >= 15 is 0 Å². The van der Waals surface area contributed by atoms with Crippen molar-refractivity contribution in [3.8, 4) is 0 Å². The van der Waals surface area contributed by atoms with Crippen LogP contribution in [0.25, 0.3) is 0 Å². The van der Waals surface area contributed by atoms with Crippen LogP contribution < -0.4 is 5.32 Å². The van der Waals surface area contributed by atoms with Crippen molar-refractivity contribution >= 4 is 11.6 Å². The largest absolute Gasteiger partial charge is 0.316 e. The Morgan fingerprint density at radius 2 is 2.10 bits per heavy atom. The molecule has 0 saturated heterocycles. The highest BCUT2D eigenvalue weighted by Gasteiger charge is 2.15. The van der Waals surface area contributed by atoms with Crippen LogP contribution in [0.4, 0.5) is 0 Å². The first-order valence-electron chi connectivity index (χ1n) is 7.21. The summed E-state index contributed by atoms with van der Waals surface area (Å²) in [5, 5.41) is 8.62. The van der Waals surface area contributed by atoms with E-state index in [-0.39, 0.29) is 0 Å². The lowest BCUT2D eigenvalue weighted by molar-refractivity contribution is 0.594. The molecule has 0 fully saturated rings. The van der Waals surface area contributed by atoms with Gasteiger partial charge < -0.3 is 5.32 Å². The van der Waals surface area contributed by atoms with Crippen molar-refractivity contribution < 1.29 is 0 Å². The maximum absolute atomic E-state index is 6.35. The third-order valence-electron chi connectivity index (χ3n) is 3.48. The van der Waals surface area contributed by atoms with Crippen molar-refractivity contribution in [1.29, 1.82) is 0 Å². The SMILES string of the molecule is CCNCC(Cc1cnn(CC)c1)c1ccccc1Cl. The molecular weight excluding hydrogens is 270 g/mol. The zero-order chi connectivity index (χ0) is 14.4. The number of hydrogen-bond acceptors (Lipinski definition) is 2. The second-order valence-electron chi connectivity index (χ2n) is 4.93. The Labute approximate surface area is 126 Å². The highest BCUT2D eigenvalue weighted by molar-refractivity contribution is 6.31. The van der Waals surface area contributed by atoms with Gasteiger partial charge in [-0.15, -0.1) is 0 Å². The number of halogens is 1. The number of likely N-dealkylation sites (N-methyl/N-ethyl adjacent to an activating group) is 1. The van der Waals surface area contributed by atoms with E-state index in [4.69, 9.17) is 11.6 Å². The van der Waals surface area contributed by atoms with Crippen LogP contribution in [-0.2, 0) is 13.0 Å². The molecular formula is C16H22ClN3. The second-order valence-corrected chi connectivity index (χ2v) is 5.34. The summed E-state index contributed by atoms with van der Waals surface area (Å²) < 4.78 is 1.96. The van der Waals surface area contributed by atoms with E-state index in [1.165, 1.54) is 11.1 Å². The first kappa shape index (κ1) is 15.1. The van der Waals surface area contributed by atoms with Gasteiger partial charge in [-0.2, -0.15) is 5.10 Å². The number of aryl methyl sites for hydroxylation is 1. The van der Waals surface area contributed by atoms with Crippen LogP contribution in [0, 0.1) is 0 Å². The number of hydrogen-bond donors (Lipinski definition) is 1. The lowest BCUT2D eigenvalue weighted by Crippen LogP contribution is -2.22. The average molecular weight is 292 g/mol. The maximum Gasteiger partial charge on any atom is 0.0521 e. The summed E-state index contributed by atoms with van der Waals surface area (Å²) in [6, 6.07) is 8.11. The summed E-state index contributed by atoms with van der Waals surface area (Å²) in [5.74, 6) is 0.373. The molecule has 0 amide bonds. The number of nitrogens with zero attached hydrogens (tertiary/aromatic N) is 2. The van der Waals surface area contributed by atoms with Crippen molar-refractivity contribution in [3.05, 3.63) is 52.8 Å². The molecule has 2 aromatic rings. The van der Waals surface area contributed by atoms with E-state index in [1.54, 1.807) is 0 Å². The zero-order valence-electron chi connectivity index (χ0n) is 12.1. The highest BCUT2D eigenvalue weighted by atomic mass is 35.5. The lowest BCUT2D eigenvalue weighted by Gasteiger charge is -2.18. The van der Waals surface area contributed by atoms with Crippen molar-refractivity contribution in [3.63, 3.8) is 0 Å². The number of rotatable bonds is 7. The van der Waals surface area contributed by atoms with Crippen LogP contribution in [-0.4, -0.2) is 22.9 Å². The highest BCUT2D eigenvalue weighted by Crippen LogP contribution is 2.27. The van der Waals surface area contributed by atoms with Crippen molar-refractivity contribution in [2.75, 3.05) is 13.1 Å². The Balaban J connectivity index is 2.17. The molecule has 1 heterocycles. The molecule has 3 nitrogen and oxygen atoms in total. The fourth-order valence-electron chi connectivity index (χ4n) is 2.39. The number of nitrogens with one attached hydrogen (secondary N) is 1. The summed E-state index contributed by atoms with van der Waals surface area (Å²) >= 11 is 6.35. The molecule has 0 aliphatic carbocycles. The molecule has 20 heavy (non-hydrogen) atoms. The molecule has 1 N–H and O–H groups in total. The summed E-state index contributed by atoms with van der Waals surface area (Å²) in [4.78, 5) is 0. The Kier molecular flexibility index (Phi) is 5.62. The Morgan fingerprint density at radius 1 is 1.30 bits per heavy atom. The van der Waals surface area contributed by atoms with E-state index < -0.39 is 0 Å². The van der Waals surface area contributed by atoms with Gasteiger partial charge in [0.25, 0.3) is 0 Å². The van der Waals surface area contributed by atoms with E-state index in [2.05, 4.69) is 42.6 Å². The maximum atomic E-state index is 6.35. The van der Waals surface area contributed by atoms with Gasteiger partial charge in [0.2, 0.25) is 0 Å². The molecule has 0 saturated carbocycles. The van der Waals surface area contributed by atoms with Crippen LogP contribution in [0.3, 0.4) is 0 Å². The Morgan fingerprint density at radius 3 is 2.75 bits per heavy atom. The molecule has 1 aromatic carbocycles. The van der Waals surface area contributed by atoms with Gasteiger partial charge in [0.15, 0.2) is 0 Å². The lowest BCUT2D eigenvalue weighted by atomic mass is 9.93. The molecule has 0 aliphatic rings. The van der Waals surface area contributed by atoms with E-state index in [9.17, 15) is 0 Å². The summed E-state index contributed by atoms with van der Waals surface area (Å²) in [5.41, 5.74) is 2.47. The molecule has 1 aromatic heterocycles. The normalized spacial score (nSPS) is 12.6. The van der Waals surface area contributed by atoms with Gasteiger partial charge in [0, 0.05) is 30.2 Å². The number of benzene rings is 1. The predicted molar refractivity (Wildman–Crippen MR) is 84.3 cm³/mol. The van der Waals surface area contributed by atoms with E-state index in [0.717, 1.165) is 31.1 Å². The molecule has 4 heteroatoms. The smallest absolute Gasteiger partial charge is 0.0521 e. The average Bonchev–Trinajstić information content (AvgIpc) is 2.92. The fraction of sp³-hybridized carbons (Fsp3) is 0.438. The molecule has 108 valence electrons.